The van der Waals surface area contributed by atoms with Crippen molar-refractivity contribution in [3.8, 4) is 0 Å². The summed E-state index contributed by atoms with van der Waals surface area (Å²) in [4.78, 5) is 48.7. The van der Waals surface area contributed by atoms with E-state index in [-0.39, 0.29) is 37.0 Å². The third-order valence-corrected chi connectivity index (χ3v) is 4.51. The number of piperidine rings is 1. The minimum absolute atomic E-state index is 0.181. The number of amides is 4. The molecule has 1 unspecified atom stereocenters. The Bertz CT molecular complexity index is 479. The molecule has 1 saturated carbocycles. The van der Waals surface area contributed by atoms with Crippen LogP contribution in [0, 0.1) is 5.41 Å². The first kappa shape index (κ1) is 12.3. The molecule has 3 fully saturated rings. The molecule has 0 aromatic carbocycles. The van der Waals surface area contributed by atoms with Gasteiger partial charge < -0.3 is 0 Å². The lowest BCUT2D eigenvalue weighted by molar-refractivity contribution is -0.152. The normalized spacial score (nSPS) is 30.3. The van der Waals surface area contributed by atoms with Crippen molar-refractivity contribution in [2.75, 3.05) is 0 Å². The Balaban J connectivity index is 1.85. The lowest BCUT2D eigenvalue weighted by Gasteiger charge is -2.29. The zero-order valence-corrected chi connectivity index (χ0v) is 10.6. The Morgan fingerprint density at radius 1 is 1.11 bits per heavy atom. The molecule has 4 amide bonds. The second-order valence-electron chi connectivity index (χ2n) is 5.70. The molecule has 3 rings (SSSR count). The van der Waals surface area contributed by atoms with E-state index in [1.807, 2.05) is 0 Å². The van der Waals surface area contributed by atoms with Crippen LogP contribution in [0.4, 0.5) is 0 Å². The predicted octanol–water partition coefficient (Wildman–Crippen LogP) is 0.111. The number of rotatable bonds is 1. The second kappa shape index (κ2) is 4.15. The number of carbonyl (C=O) groups is 4. The summed E-state index contributed by atoms with van der Waals surface area (Å²) in [5, 5.41) is 2.20. The number of nitrogens with one attached hydrogen (secondary N) is 1. The van der Waals surface area contributed by atoms with Crippen LogP contribution < -0.4 is 5.32 Å². The van der Waals surface area contributed by atoms with Crippen LogP contribution in [0.15, 0.2) is 0 Å². The SMILES string of the molecule is O=C1CCC(N2C(=O)CC3(CCCC3)C2=O)C(=O)N1. The van der Waals surface area contributed by atoms with Crippen LogP contribution in [0.2, 0.25) is 0 Å². The Labute approximate surface area is 110 Å². The summed E-state index contributed by atoms with van der Waals surface area (Å²) in [6.07, 6.45) is 4.05. The highest BCUT2D eigenvalue weighted by Crippen LogP contribution is 2.47. The van der Waals surface area contributed by atoms with Crippen molar-refractivity contribution in [2.45, 2.75) is 51.0 Å². The first-order valence-corrected chi connectivity index (χ1v) is 6.74. The van der Waals surface area contributed by atoms with Crippen molar-refractivity contribution in [3.63, 3.8) is 0 Å². The number of nitrogens with zero attached hydrogens (tertiary/aromatic N) is 1. The first-order chi connectivity index (χ1) is 9.03. The van der Waals surface area contributed by atoms with E-state index in [1.165, 1.54) is 0 Å². The quantitative estimate of drug-likeness (QED) is 0.681. The van der Waals surface area contributed by atoms with Gasteiger partial charge in [0.2, 0.25) is 23.6 Å². The topological polar surface area (TPSA) is 83.6 Å². The van der Waals surface area contributed by atoms with Crippen molar-refractivity contribution < 1.29 is 19.2 Å². The van der Waals surface area contributed by atoms with Gasteiger partial charge in [-0.25, -0.2) is 0 Å². The molecule has 6 nitrogen and oxygen atoms in total. The highest BCUT2D eigenvalue weighted by Gasteiger charge is 2.55. The number of imide groups is 2. The second-order valence-corrected chi connectivity index (χ2v) is 5.70. The van der Waals surface area contributed by atoms with Crippen LogP contribution >= 0.6 is 0 Å². The maximum Gasteiger partial charge on any atom is 0.249 e. The summed E-state index contributed by atoms with van der Waals surface area (Å²) >= 11 is 0. The van der Waals surface area contributed by atoms with E-state index in [1.54, 1.807) is 0 Å². The van der Waals surface area contributed by atoms with Crippen LogP contribution in [0.5, 0.6) is 0 Å². The molecule has 102 valence electrons. The molecule has 0 aromatic heterocycles. The van der Waals surface area contributed by atoms with Gasteiger partial charge in [-0.2, -0.15) is 0 Å². The fourth-order valence-electron chi connectivity index (χ4n) is 3.51. The molecular formula is C13H16N2O4. The Morgan fingerprint density at radius 3 is 2.42 bits per heavy atom. The summed E-state index contributed by atoms with van der Waals surface area (Å²) in [5.74, 6) is -1.32. The van der Waals surface area contributed by atoms with Crippen LogP contribution in [0.3, 0.4) is 0 Å². The van der Waals surface area contributed by atoms with Crippen molar-refractivity contribution in [2.24, 2.45) is 5.41 Å². The molecule has 3 aliphatic rings. The predicted molar refractivity (Wildman–Crippen MR) is 63.5 cm³/mol. The Kier molecular flexibility index (Phi) is 2.69. The molecule has 0 radical (unpaired) electrons. The average molecular weight is 264 g/mol. The van der Waals surface area contributed by atoms with Crippen molar-refractivity contribution in [1.29, 1.82) is 0 Å². The summed E-state index contributed by atoms with van der Waals surface area (Å²) in [6, 6.07) is -0.794. The van der Waals surface area contributed by atoms with E-state index in [0.29, 0.717) is 0 Å². The summed E-state index contributed by atoms with van der Waals surface area (Å²) in [5.41, 5.74) is -0.557. The highest BCUT2D eigenvalue weighted by atomic mass is 16.2. The molecule has 0 bridgehead atoms. The molecule has 2 saturated heterocycles. The van der Waals surface area contributed by atoms with Gasteiger partial charge in [-0.05, 0) is 19.3 Å². The van der Waals surface area contributed by atoms with Gasteiger partial charge in [-0.1, -0.05) is 12.8 Å². The lowest BCUT2D eigenvalue weighted by atomic mass is 9.84. The molecule has 1 atom stereocenters. The van der Waals surface area contributed by atoms with Crippen molar-refractivity contribution in [3.05, 3.63) is 0 Å². The Hall–Kier alpha value is -1.72. The minimum Gasteiger partial charge on any atom is -0.295 e. The molecule has 2 heterocycles. The molecule has 0 aromatic rings. The number of hydrogen-bond donors (Lipinski definition) is 1. The zero-order chi connectivity index (χ0) is 13.6. The van der Waals surface area contributed by atoms with Gasteiger partial charge in [0.05, 0.1) is 5.41 Å². The third-order valence-electron chi connectivity index (χ3n) is 4.51. The maximum atomic E-state index is 12.5. The zero-order valence-electron chi connectivity index (χ0n) is 10.6. The van der Waals surface area contributed by atoms with E-state index in [4.69, 9.17) is 0 Å². The van der Waals surface area contributed by atoms with E-state index in [0.717, 1.165) is 30.6 Å². The van der Waals surface area contributed by atoms with Gasteiger partial charge in [0.1, 0.15) is 6.04 Å². The van der Waals surface area contributed by atoms with Gasteiger partial charge in [0, 0.05) is 12.8 Å². The highest BCUT2D eigenvalue weighted by molar-refractivity contribution is 6.11. The van der Waals surface area contributed by atoms with Crippen LogP contribution in [-0.4, -0.2) is 34.6 Å². The largest absolute Gasteiger partial charge is 0.295 e. The monoisotopic (exact) mass is 264 g/mol. The first-order valence-electron chi connectivity index (χ1n) is 6.74. The summed E-state index contributed by atoms with van der Waals surface area (Å²) < 4.78 is 0. The van der Waals surface area contributed by atoms with Gasteiger partial charge in [-0.15, -0.1) is 0 Å². The molecule has 6 heteroatoms. The van der Waals surface area contributed by atoms with Crippen LogP contribution in [-0.2, 0) is 19.2 Å². The third kappa shape index (κ3) is 1.77. The smallest absolute Gasteiger partial charge is 0.249 e. The molecule has 2 aliphatic heterocycles. The lowest BCUT2D eigenvalue weighted by Crippen LogP contribution is -2.54. The molecular weight excluding hydrogens is 248 g/mol. The average Bonchev–Trinajstić information content (AvgIpc) is 2.89. The number of likely N-dealkylation sites (tertiary alicyclic amines) is 1. The minimum atomic E-state index is -0.794. The molecule has 1 spiro atoms. The fourth-order valence-corrected chi connectivity index (χ4v) is 3.51. The van der Waals surface area contributed by atoms with Crippen molar-refractivity contribution in [1.82, 2.24) is 10.2 Å². The molecule has 1 N–H and O–H groups in total. The van der Waals surface area contributed by atoms with Gasteiger partial charge in [-0.3, -0.25) is 29.4 Å². The van der Waals surface area contributed by atoms with Gasteiger partial charge in [0.25, 0.3) is 0 Å². The van der Waals surface area contributed by atoms with Crippen LogP contribution in [0.25, 0.3) is 0 Å². The van der Waals surface area contributed by atoms with E-state index in [9.17, 15) is 19.2 Å². The standard InChI is InChI=1S/C13H16N2O4/c16-9-4-3-8(11(18)14-9)15-10(17)7-13(12(15)19)5-1-2-6-13/h8H,1-7H2,(H,14,16,18). The van der Waals surface area contributed by atoms with Gasteiger partial charge >= 0.3 is 0 Å². The molecule has 1 aliphatic carbocycles. The van der Waals surface area contributed by atoms with Gasteiger partial charge in [0.15, 0.2) is 0 Å². The molecule has 19 heavy (non-hydrogen) atoms. The maximum absolute atomic E-state index is 12.5. The Morgan fingerprint density at radius 2 is 1.79 bits per heavy atom. The summed E-state index contributed by atoms with van der Waals surface area (Å²) in [6.45, 7) is 0. The number of hydrogen-bond acceptors (Lipinski definition) is 4. The fraction of sp³-hybridized carbons (Fsp3) is 0.692. The summed E-state index contributed by atoms with van der Waals surface area (Å²) in [7, 11) is 0. The van der Waals surface area contributed by atoms with Crippen LogP contribution in [0.1, 0.15) is 44.9 Å². The van der Waals surface area contributed by atoms with E-state index in [2.05, 4.69) is 5.32 Å². The number of carbonyl (C=O) groups excluding carboxylic acids is 4. The van der Waals surface area contributed by atoms with E-state index >= 15 is 0 Å². The van der Waals surface area contributed by atoms with E-state index < -0.39 is 17.4 Å². The van der Waals surface area contributed by atoms with Crippen molar-refractivity contribution >= 4 is 23.6 Å².